The van der Waals surface area contributed by atoms with Crippen molar-refractivity contribution in [1.82, 2.24) is 5.32 Å². The van der Waals surface area contributed by atoms with Gasteiger partial charge in [0.2, 0.25) is 5.76 Å². The minimum Gasteiger partial charge on any atom is -0.475 e. The van der Waals surface area contributed by atoms with E-state index in [0.717, 1.165) is 0 Å². The Hall–Kier alpha value is -1.82. The van der Waals surface area contributed by atoms with Crippen LogP contribution in [-0.4, -0.2) is 30.7 Å². The van der Waals surface area contributed by atoms with E-state index < -0.39 is 5.97 Å². The number of carbonyl (C=O) groups is 2. The van der Waals surface area contributed by atoms with Gasteiger partial charge < -0.3 is 19.6 Å². The molecule has 1 rings (SSSR count). The number of carboxylic acid groups (broad SMARTS) is 1. The van der Waals surface area contributed by atoms with Gasteiger partial charge in [-0.3, -0.25) is 4.79 Å². The average Bonchev–Trinajstić information content (AvgIpc) is 2.60. The first kappa shape index (κ1) is 12.3. The molecule has 1 heterocycles. The predicted molar refractivity (Wildman–Crippen MR) is 54.1 cm³/mol. The molecular formula is C10H13NO5. The molecule has 0 aliphatic rings. The third kappa shape index (κ3) is 3.09. The van der Waals surface area contributed by atoms with Crippen LogP contribution in [0.15, 0.2) is 10.5 Å². The second-order valence-corrected chi connectivity index (χ2v) is 3.18. The second-order valence-electron chi connectivity index (χ2n) is 3.18. The molecule has 0 radical (unpaired) electrons. The molecule has 0 saturated heterocycles. The molecule has 0 unspecified atom stereocenters. The number of esters is 1. The monoisotopic (exact) mass is 227 g/mol. The van der Waals surface area contributed by atoms with E-state index in [9.17, 15) is 9.59 Å². The minimum absolute atomic E-state index is 0.0729. The lowest BCUT2D eigenvalue weighted by molar-refractivity contribution is -0.139. The zero-order chi connectivity index (χ0) is 12.1. The highest BCUT2D eigenvalue weighted by Crippen LogP contribution is 2.14. The summed E-state index contributed by atoms with van der Waals surface area (Å²) in [7, 11) is 1.30. The molecule has 88 valence electrons. The Morgan fingerprint density at radius 3 is 2.75 bits per heavy atom. The summed E-state index contributed by atoms with van der Waals surface area (Å²) in [4.78, 5) is 21.4. The van der Waals surface area contributed by atoms with Crippen LogP contribution in [0.4, 0.5) is 0 Å². The lowest BCUT2D eigenvalue weighted by Crippen LogP contribution is -2.23. The number of rotatable bonds is 5. The van der Waals surface area contributed by atoms with Crippen molar-refractivity contribution >= 4 is 11.9 Å². The number of carboxylic acids is 1. The smallest absolute Gasteiger partial charge is 0.371 e. The molecule has 0 aliphatic heterocycles. The largest absolute Gasteiger partial charge is 0.475 e. The normalized spacial score (nSPS) is 10.1. The molecular weight excluding hydrogens is 214 g/mol. The summed E-state index contributed by atoms with van der Waals surface area (Å²) in [6.45, 7) is 2.10. The first-order chi connectivity index (χ1) is 7.54. The van der Waals surface area contributed by atoms with Gasteiger partial charge >= 0.3 is 11.9 Å². The van der Waals surface area contributed by atoms with Gasteiger partial charge in [-0.25, -0.2) is 4.79 Å². The molecule has 0 bridgehead atoms. The van der Waals surface area contributed by atoms with E-state index in [2.05, 4.69) is 10.1 Å². The van der Waals surface area contributed by atoms with Crippen LogP contribution in [-0.2, 0) is 16.1 Å². The molecule has 2 N–H and O–H groups in total. The van der Waals surface area contributed by atoms with E-state index in [4.69, 9.17) is 9.52 Å². The van der Waals surface area contributed by atoms with Crippen molar-refractivity contribution in [3.8, 4) is 0 Å². The van der Waals surface area contributed by atoms with Crippen molar-refractivity contribution < 1.29 is 23.8 Å². The number of aryl methyl sites for hydroxylation is 1. The molecule has 6 nitrogen and oxygen atoms in total. The number of hydrogen-bond acceptors (Lipinski definition) is 5. The Morgan fingerprint density at radius 1 is 1.56 bits per heavy atom. The van der Waals surface area contributed by atoms with Crippen molar-refractivity contribution in [3.05, 3.63) is 23.2 Å². The molecule has 0 spiro atoms. The standard InChI is InChI=1S/C10H13NO5/c1-6-7(3-8(16-6)10(13)14)4-11-5-9(12)15-2/h3,11H,4-5H2,1-2H3,(H,13,14). The van der Waals surface area contributed by atoms with Gasteiger partial charge in [0, 0.05) is 12.1 Å². The van der Waals surface area contributed by atoms with Crippen LogP contribution in [0.5, 0.6) is 0 Å². The van der Waals surface area contributed by atoms with Crippen LogP contribution >= 0.6 is 0 Å². The van der Waals surface area contributed by atoms with E-state index in [1.165, 1.54) is 13.2 Å². The Morgan fingerprint density at radius 2 is 2.25 bits per heavy atom. The Balaban J connectivity index is 2.54. The topological polar surface area (TPSA) is 88.8 Å². The maximum atomic E-state index is 10.8. The van der Waals surface area contributed by atoms with Gasteiger partial charge in [0.15, 0.2) is 0 Å². The lowest BCUT2D eigenvalue weighted by atomic mass is 10.2. The minimum atomic E-state index is -1.11. The van der Waals surface area contributed by atoms with Crippen LogP contribution in [0.3, 0.4) is 0 Å². The third-order valence-corrected chi connectivity index (χ3v) is 2.04. The Kier molecular flexibility index (Phi) is 4.07. The maximum absolute atomic E-state index is 10.8. The summed E-state index contributed by atoms with van der Waals surface area (Å²) < 4.78 is 9.45. The molecule has 0 fully saturated rings. The second kappa shape index (κ2) is 5.32. The number of ether oxygens (including phenoxy) is 1. The van der Waals surface area contributed by atoms with Crippen molar-refractivity contribution in [1.29, 1.82) is 0 Å². The quantitative estimate of drug-likeness (QED) is 0.714. The van der Waals surface area contributed by atoms with Crippen molar-refractivity contribution in [3.63, 3.8) is 0 Å². The molecule has 0 atom stereocenters. The van der Waals surface area contributed by atoms with Crippen LogP contribution in [0.2, 0.25) is 0 Å². The van der Waals surface area contributed by atoms with Gasteiger partial charge in [-0.15, -0.1) is 0 Å². The fourth-order valence-electron chi connectivity index (χ4n) is 1.17. The van der Waals surface area contributed by atoms with Crippen LogP contribution < -0.4 is 5.32 Å². The van der Waals surface area contributed by atoms with Crippen LogP contribution in [0.1, 0.15) is 21.9 Å². The molecule has 0 amide bonds. The number of carbonyl (C=O) groups excluding carboxylic acids is 1. The number of methoxy groups -OCH3 is 1. The number of nitrogens with one attached hydrogen (secondary N) is 1. The first-order valence-electron chi connectivity index (χ1n) is 4.64. The SMILES string of the molecule is COC(=O)CNCc1cc(C(=O)O)oc1C. The summed E-state index contributed by atoms with van der Waals surface area (Å²) in [5, 5.41) is 11.5. The van der Waals surface area contributed by atoms with E-state index in [-0.39, 0.29) is 18.3 Å². The predicted octanol–water partition coefficient (Wildman–Crippen LogP) is 0.549. The van der Waals surface area contributed by atoms with Gasteiger partial charge in [-0.2, -0.15) is 0 Å². The average molecular weight is 227 g/mol. The molecule has 0 saturated carbocycles. The van der Waals surface area contributed by atoms with Gasteiger partial charge in [0.1, 0.15) is 5.76 Å². The fourth-order valence-corrected chi connectivity index (χ4v) is 1.17. The molecule has 1 aromatic rings. The van der Waals surface area contributed by atoms with Gasteiger partial charge in [-0.05, 0) is 13.0 Å². The lowest BCUT2D eigenvalue weighted by Gasteiger charge is -2.01. The first-order valence-corrected chi connectivity index (χ1v) is 4.64. The molecule has 1 aromatic heterocycles. The summed E-state index contributed by atoms with van der Waals surface area (Å²) in [5.41, 5.74) is 0.710. The van der Waals surface area contributed by atoms with Crippen molar-refractivity contribution in [2.45, 2.75) is 13.5 Å². The highest BCUT2D eigenvalue weighted by atomic mass is 16.5. The van der Waals surface area contributed by atoms with E-state index in [0.29, 0.717) is 17.9 Å². The summed E-state index contributed by atoms with van der Waals surface area (Å²) in [5.74, 6) is -1.07. The van der Waals surface area contributed by atoms with Crippen molar-refractivity contribution in [2.75, 3.05) is 13.7 Å². The molecule has 16 heavy (non-hydrogen) atoms. The fraction of sp³-hybridized carbons (Fsp3) is 0.400. The zero-order valence-corrected chi connectivity index (χ0v) is 9.07. The summed E-state index contributed by atoms with van der Waals surface area (Å²) >= 11 is 0. The highest BCUT2D eigenvalue weighted by Gasteiger charge is 2.12. The highest BCUT2D eigenvalue weighted by molar-refractivity contribution is 5.84. The van der Waals surface area contributed by atoms with E-state index in [1.54, 1.807) is 6.92 Å². The van der Waals surface area contributed by atoms with Crippen molar-refractivity contribution in [2.24, 2.45) is 0 Å². The molecule has 0 aliphatic carbocycles. The zero-order valence-electron chi connectivity index (χ0n) is 9.07. The Bertz CT molecular complexity index is 396. The van der Waals surface area contributed by atoms with Crippen LogP contribution in [0, 0.1) is 6.92 Å². The van der Waals surface area contributed by atoms with E-state index >= 15 is 0 Å². The maximum Gasteiger partial charge on any atom is 0.371 e. The number of furan rings is 1. The summed E-state index contributed by atoms with van der Waals surface area (Å²) in [6.07, 6.45) is 0. The number of aromatic carboxylic acids is 1. The number of hydrogen-bond donors (Lipinski definition) is 2. The summed E-state index contributed by atoms with van der Waals surface area (Å²) in [6, 6.07) is 1.43. The van der Waals surface area contributed by atoms with E-state index in [1.807, 2.05) is 0 Å². The Labute approximate surface area is 92.2 Å². The molecule has 6 heteroatoms. The van der Waals surface area contributed by atoms with Gasteiger partial charge in [0.25, 0.3) is 0 Å². The van der Waals surface area contributed by atoms with Crippen LogP contribution in [0.25, 0.3) is 0 Å². The third-order valence-electron chi connectivity index (χ3n) is 2.04. The molecule has 0 aromatic carbocycles. The van der Waals surface area contributed by atoms with Gasteiger partial charge in [-0.1, -0.05) is 0 Å². The van der Waals surface area contributed by atoms with Gasteiger partial charge in [0.05, 0.1) is 13.7 Å².